The molecular weight excluding hydrogens is 464 g/mol. The summed E-state index contributed by atoms with van der Waals surface area (Å²) >= 11 is 0. The van der Waals surface area contributed by atoms with Gasteiger partial charge in [0, 0.05) is 16.9 Å². The number of furan rings is 3. The van der Waals surface area contributed by atoms with Crippen molar-refractivity contribution < 1.29 is 57.3 Å². The lowest BCUT2D eigenvalue weighted by Gasteiger charge is -1.96. The highest BCUT2D eigenvalue weighted by Gasteiger charge is 2.12. The lowest BCUT2D eigenvalue weighted by Crippen LogP contribution is -1.97. The van der Waals surface area contributed by atoms with Gasteiger partial charge in [0.2, 0.25) is 17.3 Å². The Hall–Kier alpha value is -5.01. The quantitative estimate of drug-likeness (QED) is 0.338. The standard InChI is InChI=1S/C8H8O5.C6H4O5.C6H6O2.O2/c1-5(9)12-4-6-2-3-7(13-6)8(10)11;7-5(8)3-1-2-4(11-3)6(9)10;1-5-2-3-6(4-7)8-5;1-2/h2-3H,4H2,1H3,(H,10,11);1-2H,(H,7,8)(H,9,10);2-4H,1H3;. The largest absolute Gasteiger partial charge is 0.475 e. The Balaban J connectivity index is 0.000000474. The molecule has 14 nitrogen and oxygen atoms in total. The molecule has 0 bridgehead atoms. The summed E-state index contributed by atoms with van der Waals surface area (Å²) in [4.78, 5) is 65.0. The fourth-order valence-electron chi connectivity index (χ4n) is 1.83. The third-order valence-corrected chi connectivity index (χ3v) is 3.19. The van der Waals surface area contributed by atoms with Crippen molar-refractivity contribution in [3.05, 3.63) is 80.9 Å². The van der Waals surface area contributed by atoms with Gasteiger partial charge in [-0.05, 0) is 43.3 Å². The van der Waals surface area contributed by atoms with E-state index in [1.165, 1.54) is 19.1 Å². The van der Waals surface area contributed by atoms with Crippen LogP contribution >= 0.6 is 0 Å². The molecule has 0 fully saturated rings. The molecule has 0 aliphatic heterocycles. The SMILES string of the molecule is CC(=O)OCc1ccc(C(=O)O)o1.Cc1ccc(C=O)o1.O=C(O)c1ccc(C(=O)O)o1.O=O. The predicted molar refractivity (Wildman–Crippen MR) is 109 cm³/mol. The average Bonchev–Trinajstić information content (AvgIpc) is 3.55. The first-order chi connectivity index (χ1) is 16.0. The van der Waals surface area contributed by atoms with Crippen LogP contribution in [-0.4, -0.2) is 45.5 Å². The van der Waals surface area contributed by atoms with Crippen LogP contribution in [0.15, 0.2) is 49.6 Å². The summed E-state index contributed by atoms with van der Waals surface area (Å²) in [5.74, 6) is -3.58. The molecular formula is C20H18O14. The molecule has 3 N–H and O–H groups in total. The van der Waals surface area contributed by atoms with Crippen molar-refractivity contribution in [2.24, 2.45) is 0 Å². The zero-order chi connectivity index (χ0) is 26.3. The molecule has 0 saturated carbocycles. The highest BCUT2D eigenvalue weighted by molar-refractivity contribution is 5.89. The van der Waals surface area contributed by atoms with Gasteiger partial charge in [0.05, 0.1) is 0 Å². The maximum absolute atomic E-state index is 10.4. The Morgan fingerprint density at radius 3 is 1.56 bits per heavy atom. The molecule has 0 spiro atoms. The second-order valence-corrected chi connectivity index (χ2v) is 5.69. The van der Waals surface area contributed by atoms with E-state index >= 15 is 0 Å². The summed E-state index contributed by atoms with van der Waals surface area (Å²) in [7, 11) is 0. The number of aldehydes is 1. The number of carboxylic acid groups (broad SMARTS) is 3. The molecule has 0 aliphatic carbocycles. The number of hydrogen-bond acceptors (Lipinski definition) is 11. The number of hydrogen-bond donors (Lipinski definition) is 3. The van der Waals surface area contributed by atoms with E-state index in [1.54, 1.807) is 19.1 Å². The molecule has 182 valence electrons. The van der Waals surface area contributed by atoms with E-state index < -0.39 is 23.9 Å². The average molecular weight is 482 g/mol. The molecule has 14 heteroatoms. The molecule has 3 aromatic heterocycles. The molecule has 0 amide bonds. The molecule has 0 aliphatic rings. The molecule has 3 heterocycles. The normalized spacial score (nSPS) is 9.00. The van der Waals surface area contributed by atoms with Crippen LogP contribution in [0, 0.1) is 16.9 Å². The van der Waals surface area contributed by atoms with Crippen molar-refractivity contribution in [2.75, 3.05) is 0 Å². The molecule has 34 heavy (non-hydrogen) atoms. The van der Waals surface area contributed by atoms with Crippen molar-refractivity contribution in [2.45, 2.75) is 20.5 Å². The Morgan fingerprint density at radius 2 is 1.26 bits per heavy atom. The van der Waals surface area contributed by atoms with Crippen LogP contribution in [0.5, 0.6) is 0 Å². The number of carboxylic acids is 3. The van der Waals surface area contributed by atoms with Crippen molar-refractivity contribution in [1.82, 2.24) is 0 Å². The predicted octanol–water partition coefficient (Wildman–Crippen LogP) is 3.18. The van der Waals surface area contributed by atoms with Gasteiger partial charge in [-0.15, -0.1) is 0 Å². The van der Waals surface area contributed by atoms with Gasteiger partial charge >= 0.3 is 23.9 Å². The topological polar surface area (TPSA) is 229 Å². The van der Waals surface area contributed by atoms with Gasteiger partial charge in [-0.3, -0.25) is 9.59 Å². The van der Waals surface area contributed by atoms with E-state index in [0.29, 0.717) is 17.8 Å². The summed E-state index contributed by atoms with van der Waals surface area (Å²) < 4.78 is 18.7. The van der Waals surface area contributed by atoms with Crippen LogP contribution in [-0.2, 0) is 16.1 Å². The van der Waals surface area contributed by atoms with Crippen LogP contribution in [0.3, 0.4) is 0 Å². The van der Waals surface area contributed by atoms with Gasteiger partial charge in [0.15, 0.2) is 12.0 Å². The molecule has 3 aromatic rings. The van der Waals surface area contributed by atoms with Gasteiger partial charge in [-0.25, -0.2) is 14.4 Å². The second kappa shape index (κ2) is 14.9. The maximum atomic E-state index is 10.4. The number of ether oxygens (including phenoxy) is 1. The van der Waals surface area contributed by atoms with Crippen molar-refractivity contribution >= 4 is 30.2 Å². The summed E-state index contributed by atoms with van der Waals surface area (Å²) in [5, 5.41) is 25.1. The van der Waals surface area contributed by atoms with Gasteiger partial charge < -0.3 is 33.3 Å². The fourth-order valence-corrected chi connectivity index (χ4v) is 1.83. The van der Waals surface area contributed by atoms with E-state index in [-0.39, 0.29) is 23.9 Å². The summed E-state index contributed by atoms with van der Waals surface area (Å²) in [5.41, 5.74) is 0. The Kier molecular flexibility index (Phi) is 12.7. The minimum Gasteiger partial charge on any atom is -0.475 e. The number of carbonyl (C=O) groups is 5. The molecule has 3 rings (SSSR count). The van der Waals surface area contributed by atoms with E-state index in [4.69, 9.17) is 34.1 Å². The number of aromatic carboxylic acids is 3. The number of aryl methyl sites for hydroxylation is 1. The Morgan fingerprint density at radius 1 is 0.794 bits per heavy atom. The minimum absolute atomic E-state index is 0.0391. The molecule has 0 saturated heterocycles. The van der Waals surface area contributed by atoms with E-state index in [9.17, 15) is 24.0 Å². The van der Waals surface area contributed by atoms with Crippen LogP contribution < -0.4 is 0 Å². The lowest BCUT2D eigenvalue weighted by molar-refractivity contribution is -0.142. The van der Waals surface area contributed by atoms with Crippen LogP contribution in [0.25, 0.3) is 0 Å². The molecule has 0 unspecified atom stereocenters. The van der Waals surface area contributed by atoms with Crippen LogP contribution in [0.2, 0.25) is 0 Å². The lowest BCUT2D eigenvalue weighted by atomic mass is 10.4. The minimum atomic E-state index is -1.28. The fraction of sp³-hybridized carbons (Fsp3) is 0.150. The monoisotopic (exact) mass is 482 g/mol. The highest BCUT2D eigenvalue weighted by Crippen LogP contribution is 2.09. The van der Waals surface area contributed by atoms with Gasteiger partial charge in [0.25, 0.3) is 0 Å². The zero-order valence-corrected chi connectivity index (χ0v) is 17.6. The summed E-state index contributed by atoms with van der Waals surface area (Å²) in [6, 6.07) is 8.33. The first kappa shape index (κ1) is 29.0. The number of esters is 1. The summed E-state index contributed by atoms with van der Waals surface area (Å²) in [6.45, 7) is 3.02. The maximum Gasteiger partial charge on any atom is 0.371 e. The Labute approximate surface area is 189 Å². The first-order valence-electron chi connectivity index (χ1n) is 8.73. The van der Waals surface area contributed by atoms with E-state index in [1.807, 2.05) is 0 Å². The smallest absolute Gasteiger partial charge is 0.371 e. The van der Waals surface area contributed by atoms with Crippen molar-refractivity contribution in [3.63, 3.8) is 0 Å². The molecule has 0 aromatic carbocycles. The van der Waals surface area contributed by atoms with Crippen LogP contribution in [0.4, 0.5) is 0 Å². The van der Waals surface area contributed by atoms with Gasteiger partial charge in [0.1, 0.15) is 18.1 Å². The summed E-state index contributed by atoms with van der Waals surface area (Å²) in [6.07, 6.45) is 0.688. The second-order valence-electron chi connectivity index (χ2n) is 5.69. The third kappa shape index (κ3) is 10.9. The number of carbonyl (C=O) groups excluding carboxylic acids is 2. The van der Waals surface area contributed by atoms with E-state index in [2.05, 4.69) is 9.15 Å². The highest BCUT2D eigenvalue weighted by atomic mass is 16.7. The van der Waals surface area contributed by atoms with Crippen molar-refractivity contribution in [3.8, 4) is 0 Å². The molecule has 0 atom stereocenters. The number of rotatable bonds is 6. The molecule has 0 radical (unpaired) electrons. The third-order valence-electron chi connectivity index (χ3n) is 3.19. The van der Waals surface area contributed by atoms with Gasteiger partial charge in [-0.2, -0.15) is 0 Å². The Bertz CT molecular complexity index is 1070. The van der Waals surface area contributed by atoms with Crippen molar-refractivity contribution in [1.29, 1.82) is 0 Å². The first-order valence-corrected chi connectivity index (χ1v) is 8.73. The zero-order valence-electron chi connectivity index (χ0n) is 17.6. The van der Waals surface area contributed by atoms with E-state index in [0.717, 1.165) is 17.9 Å². The van der Waals surface area contributed by atoms with Crippen LogP contribution in [0.1, 0.15) is 60.7 Å². The van der Waals surface area contributed by atoms with Gasteiger partial charge in [-0.1, -0.05) is 0 Å².